The van der Waals surface area contributed by atoms with Crippen LogP contribution in [0.5, 0.6) is 0 Å². The second kappa shape index (κ2) is 8.48. The van der Waals surface area contributed by atoms with E-state index in [1.165, 1.54) is 33.3 Å². The van der Waals surface area contributed by atoms with Crippen molar-refractivity contribution in [2.75, 3.05) is 0 Å². The summed E-state index contributed by atoms with van der Waals surface area (Å²) >= 11 is 0. The first-order valence-corrected chi connectivity index (χ1v) is 11.4. The molecule has 3 nitrogen and oxygen atoms in total. The fraction of sp³-hybridized carbons (Fsp3) is 0.241. The van der Waals surface area contributed by atoms with Crippen LogP contribution in [0.1, 0.15) is 53.9 Å². The number of allylic oxidation sites excluding steroid dienone is 1. The van der Waals surface area contributed by atoms with Crippen molar-refractivity contribution in [3.05, 3.63) is 106 Å². The highest BCUT2D eigenvalue weighted by Crippen LogP contribution is 2.36. The van der Waals surface area contributed by atoms with E-state index >= 15 is 0 Å². The van der Waals surface area contributed by atoms with E-state index in [9.17, 15) is 5.26 Å². The zero-order valence-corrected chi connectivity index (χ0v) is 18.7. The van der Waals surface area contributed by atoms with E-state index in [4.69, 9.17) is 4.98 Å². The molecule has 3 heteroatoms. The van der Waals surface area contributed by atoms with Gasteiger partial charge in [0.1, 0.15) is 5.82 Å². The molecule has 3 aromatic carbocycles. The first kappa shape index (κ1) is 20.3. The average Bonchev–Trinajstić information content (AvgIpc) is 3.07. The Hall–Kier alpha value is -3.64. The number of nitrogens with zero attached hydrogens (tertiary/aromatic N) is 3. The Morgan fingerprint density at radius 2 is 1.72 bits per heavy atom. The van der Waals surface area contributed by atoms with Gasteiger partial charge in [-0.15, -0.1) is 0 Å². The molecule has 0 spiro atoms. The van der Waals surface area contributed by atoms with Crippen LogP contribution in [0.2, 0.25) is 0 Å². The van der Waals surface area contributed by atoms with Gasteiger partial charge in [0.25, 0.3) is 0 Å². The van der Waals surface area contributed by atoms with Crippen LogP contribution in [0.25, 0.3) is 16.6 Å². The first-order valence-electron chi connectivity index (χ1n) is 11.4. The van der Waals surface area contributed by atoms with E-state index in [1.807, 2.05) is 6.92 Å². The summed E-state index contributed by atoms with van der Waals surface area (Å²) in [7, 11) is 0. The fourth-order valence-corrected chi connectivity index (χ4v) is 4.95. The number of fused-ring (bicyclic) bond motifs is 3. The Labute approximate surface area is 189 Å². The van der Waals surface area contributed by atoms with Gasteiger partial charge in [-0.2, -0.15) is 5.26 Å². The summed E-state index contributed by atoms with van der Waals surface area (Å²) in [6.07, 6.45) is 4.02. The van der Waals surface area contributed by atoms with Gasteiger partial charge in [-0.25, -0.2) is 4.98 Å². The normalized spacial score (nSPS) is 14.4. The van der Waals surface area contributed by atoms with Crippen LogP contribution in [0.15, 0.2) is 72.3 Å². The molecule has 0 radical (unpaired) electrons. The van der Waals surface area contributed by atoms with Gasteiger partial charge in [-0.05, 0) is 66.1 Å². The summed E-state index contributed by atoms with van der Waals surface area (Å²) in [6, 6.07) is 26.1. The molecule has 1 aromatic heterocycles. The highest BCUT2D eigenvalue weighted by molar-refractivity contribution is 5.87. The van der Waals surface area contributed by atoms with Crippen LogP contribution < -0.4 is 0 Å². The quantitative estimate of drug-likeness (QED) is 0.357. The summed E-state index contributed by atoms with van der Waals surface area (Å²) in [6.45, 7) is 4.95. The van der Waals surface area contributed by atoms with E-state index in [-0.39, 0.29) is 0 Å². The fourth-order valence-electron chi connectivity index (χ4n) is 4.95. The first-order chi connectivity index (χ1) is 15.7. The zero-order chi connectivity index (χ0) is 22.1. The number of rotatable bonds is 4. The molecule has 158 valence electrons. The summed E-state index contributed by atoms with van der Waals surface area (Å²) in [5, 5.41) is 9.72. The minimum Gasteiger partial charge on any atom is -0.323 e. The molecule has 0 unspecified atom stereocenters. The summed E-state index contributed by atoms with van der Waals surface area (Å²) < 4.78 is 2.36. The molecule has 0 amide bonds. The zero-order valence-electron chi connectivity index (χ0n) is 18.7. The molecule has 32 heavy (non-hydrogen) atoms. The second-order valence-electron chi connectivity index (χ2n) is 8.61. The van der Waals surface area contributed by atoms with Crippen molar-refractivity contribution < 1.29 is 0 Å². The summed E-state index contributed by atoms with van der Waals surface area (Å²) in [4.78, 5) is 4.89. The Morgan fingerprint density at radius 3 is 2.56 bits per heavy atom. The highest BCUT2D eigenvalue weighted by Gasteiger charge is 2.20. The molecule has 1 aliphatic rings. The number of nitriles is 1. The van der Waals surface area contributed by atoms with Crippen molar-refractivity contribution in [3.63, 3.8) is 0 Å². The Kier molecular flexibility index (Phi) is 5.37. The van der Waals surface area contributed by atoms with Crippen molar-refractivity contribution >= 4 is 16.6 Å². The molecule has 0 fully saturated rings. The lowest BCUT2D eigenvalue weighted by atomic mass is 9.90. The van der Waals surface area contributed by atoms with Gasteiger partial charge < -0.3 is 4.57 Å². The van der Waals surface area contributed by atoms with Crippen LogP contribution in [0, 0.1) is 11.3 Å². The topological polar surface area (TPSA) is 41.6 Å². The van der Waals surface area contributed by atoms with Crippen LogP contribution in [0.3, 0.4) is 0 Å². The van der Waals surface area contributed by atoms with Crippen LogP contribution >= 0.6 is 0 Å². The largest absolute Gasteiger partial charge is 0.323 e. The van der Waals surface area contributed by atoms with Crippen LogP contribution in [-0.2, 0) is 25.8 Å². The minimum absolute atomic E-state index is 0.777. The molecule has 1 aliphatic carbocycles. The maximum absolute atomic E-state index is 9.72. The maximum Gasteiger partial charge on any atom is 0.110 e. The third-order valence-electron chi connectivity index (χ3n) is 6.48. The molecule has 0 atom stereocenters. The van der Waals surface area contributed by atoms with Gasteiger partial charge in [0, 0.05) is 24.1 Å². The lowest BCUT2D eigenvalue weighted by Crippen LogP contribution is -2.06. The van der Waals surface area contributed by atoms with E-state index in [1.54, 1.807) is 0 Å². The molecule has 5 rings (SSSR count). The van der Waals surface area contributed by atoms with Crippen molar-refractivity contribution in [3.8, 4) is 6.07 Å². The number of aromatic nitrogens is 2. The number of aryl methyl sites for hydroxylation is 3. The van der Waals surface area contributed by atoms with Gasteiger partial charge in [-0.3, -0.25) is 0 Å². The molecule has 0 aliphatic heterocycles. The Morgan fingerprint density at radius 1 is 0.969 bits per heavy atom. The van der Waals surface area contributed by atoms with Crippen molar-refractivity contribution in [2.45, 2.75) is 46.1 Å². The molecule has 0 saturated heterocycles. The predicted octanol–water partition coefficient (Wildman–Crippen LogP) is 6.48. The van der Waals surface area contributed by atoms with E-state index in [0.29, 0.717) is 0 Å². The SMILES string of the molecule is CCCc1nc2ccccc2n1Cc1ccc2c(c1)CCc1ccccc1/C2=C(/C)C#N. The summed E-state index contributed by atoms with van der Waals surface area (Å²) in [5.41, 5.74) is 10.4. The third-order valence-corrected chi connectivity index (χ3v) is 6.48. The Bertz CT molecular complexity index is 1380. The summed E-state index contributed by atoms with van der Waals surface area (Å²) in [5.74, 6) is 1.15. The van der Waals surface area contributed by atoms with Crippen LogP contribution in [0.4, 0.5) is 0 Å². The maximum atomic E-state index is 9.72. The number of benzene rings is 3. The molecule has 4 aromatic rings. The predicted molar refractivity (Wildman–Crippen MR) is 130 cm³/mol. The molecule has 0 saturated carbocycles. The van der Waals surface area contributed by atoms with E-state index in [0.717, 1.165) is 54.7 Å². The standard InChI is InChI=1S/C29H27N3/c1-3-8-28-31-26-11-6-7-12-27(26)32(28)19-21-13-16-25-23(17-21)15-14-22-9-4-5-10-24(22)29(25)20(2)18-30/h4-7,9-13,16-17H,3,8,14-15,19H2,1-2H3/b29-20+. The van der Waals surface area contributed by atoms with Crippen LogP contribution in [-0.4, -0.2) is 9.55 Å². The average molecular weight is 418 g/mol. The lowest BCUT2D eigenvalue weighted by Gasteiger charge is -2.15. The molecule has 0 N–H and O–H groups in total. The van der Waals surface area contributed by atoms with Gasteiger partial charge in [-0.1, -0.05) is 61.5 Å². The monoisotopic (exact) mass is 417 g/mol. The second-order valence-corrected chi connectivity index (χ2v) is 8.61. The highest BCUT2D eigenvalue weighted by atomic mass is 15.1. The number of hydrogen-bond acceptors (Lipinski definition) is 2. The molecule has 1 heterocycles. The lowest BCUT2D eigenvalue weighted by molar-refractivity contribution is 0.721. The third kappa shape index (κ3) is 3.52. The number of imidazole rings is 1. The van der Waals surface area contributed by atoms with Crippen molar-refractivity contribution in [1.29, 1.82) is 5.26 Å². The van der Waals surface area contributed by atoms with Gasteiger partial charge >= 0.3 is 0 Å². The molecular weight excluding hydrogens is 390 g/mol. The Balaban J connectivity index is 1.60. The number of hydrogen-bond donors (Lipinski definition) is 0. The smallest absolute Gasteiger partial charge is 0.110 e. The van der Waals surface area contributed by atoms with Gasteiger partial charge in [0.15, 0.2) is 0 Å². The number of para-hydroxylation sites is 2. The molecule has 0 bridgehead atoms. The van der Waals surface area contributed by atoms with Crippen molar-refractivity contribution in [1.82, 2.24) is 9.55 Å². The molecular formula is C29H27N3. The van der Waals surface area contributed by atoms with Gasteiger partial charge in [0.05, 0.1) is 17.1 Å². The van der Waals surface area contributed by atoms with Gasteiger partial charge in [0.2, 0.25) is 0 Å². The van der Waals surface area contributed by atoms with E-state index < -0.39 is 0 Å². The van der Waals surface area contributed by atoms with Crippen molar-refractivity contribution in [2.24, 2.45) is 0 Å². The minimum atomic E-state index is 0.777. The van der Waals surface area contributed by atoms with E-state index in [2.05, 4.69) is 84.3 Å².